The summed E-state index contributed by atoms with van der Waals surface area (Å²) in [6.45, 7) is 3.67. The van der Waals surface area contributed by atoms with E-state index in [-0.39, 0.29) is 0 Å². The highest BCUT2D eigenvalue weighted by molar-refractivity contribution is 7.09. The summed E-state index contributed by atoms with van der Waals surface area (Å²) in [6, 6.07) is 8.00. The third kappa shape index (κ3) is 5.56. The van der Waals surface area contributed by atoms with Crippen molar-refractivity contribution in [1.29, 1.82) is 0 Å². The normalized spacial score (nSPS) is 11.3. The molecule has 5 nitrogen and oxygen atoms in total. The molecular weight excluding hydrogens is 308 g/mol. The molecule has 0 saturated carbocycles. The molecule has 1 aromatic heterocycles. The van der Waals surface area contributed by atoms with Gasteiger partial charge in [0.15, 0.2) is 5.96 Å². The van der Waals surface area contributed by atoms with Crippen LogP contribution >= 0.6 is 11.3 Å². The minimum Gasteiger partial charge on any atom is -0.497 e. The number of guanidine groups is 1. The fourth-order valence-electron chi connectivity index (χ4n) is 2.08. The first-order chi connectivity index (χ1) is 11.2. The Labute approximate surface area is 141 Å². The largest absolute Gasteiger partial charge is 0.497 e. The maximum absolute atomic E-state index is 5.16. The standard InChI is InChI=1S/C17H24N4OS/c1-4-16-21-14(12-23-16)9-10-19-17(18-2)20-11-13-5-7-15(22-3)8-6-13/h5-8,12H,4,9-11H2,1-3H3,(H2,18,19,20). The third-order valence-corrected chi connectivity index (χ3v) is 4.46. The lowest BCUT2D eigenvalue weighted by Gasteiger charge is -2.11. The number of methoxy groups -OCH3 is 1. The molecule has 2 rings (SSSR count). The van der Waals surface area contributed by atoms with Crippen LogP contribution in [-0.4, -0.2) is 31.6 Å². The molecule has 0 fully saturated rings. The first kappa shape index (κ1) is 17.3. The lowest BCUT2D eigenvalue weighted by atomic mass is 10.2. The van der Waals surface area contributed by atoms with E-state index in [1.165, 1.54) is 10.6 Å². The van der Waals surface area contributed by atoms with E-state index >= 15 is 0 Å². The second-order valence-corrected chi connectivity index (χ2v) is 5.98. The zero-order valence-corrected chi connectivity index (χ0v) is 14.7. The van der Waals surface area contributed by atoms with Crippen LogP contribution in [0.5, 0.6) is 5.75 Å². The first-order valence-corrected chi connectivity index (χ1v) is 8.63. The zero-order chi connectivity index (χ0) is 16.5. The van der Waals surface area contributed by atoms with E-state index in [2.05, 4.69) is 32.9 Å². The van der Waals surface area contributed by atoms with Crippen LogP contribution in [0.25, 0.3) is 0 Å². The Kier molecular flexibility index (Phi) is 6.87. The monoisotopic (exact) mass is 332 g/mol. The number of benzene rings is 1. The molecule has 124 valence electrons. The van der Waals surface area contributed by atoms with Gasteiger partial charge in [-0.2, -0.15) is 0 Å². The number of thiazole rings is 1. The van der Waals surface area contributed by atoms with Crippen LogP contribution in [0.4, 0.5) is 0 Å². The molecule has 2 N–H and O–H groups in total. The second kappa shape index (κ2) is 9.15. The van der Waals surface area contributed by atoms with Gasteiger partial charge in [0.05, 0.1) is 17.8 Å². The highest BCUT2D eigenvalue weighted by atomic mass is 32.1. The van der Waals surface area contributed by atoms with Gasteiger partial charge < -0.3 is 15.4 Å². The van der Waals surface area contributed by atoms with Gasteiger partial charge in [-0.3, -0.25) is 4.99 Å². The Balaban J connectivity index is 1.74. The molecule has 23 heavy (non-hydrogen) atoms. The summed E-state index contributed by atoms with van der Waals surface area (Å²) in [5, 5.41) is 9.95. The van der Waals surface area contributed by atoms with Crippen molar-refractivity contribution in [2.45, 2.75) is 26.3 Å². The van der Waals surface area contributed by atoms with E-state index in [0.29, 0.717) is 0 Å². The second-order valence-electron chi connectivity index (χ2n) is 5.04. The lowest BCUT2D eigenvalue weighted by molar-refractivity contribution is 0.414. The van der Waals surface area contributed by atoms with E-state index in [1.807, 2.05) is 24.3 Å². The van der Waals surface area contributed by atoms with Gasteiger partial charge in [0.1, 0.15) is 5.75 Å². The maximum Gasteiger partial charge on any atom is 0.191 e. The summed E-state index contributed by atoms with van der Waals surface area (Å²) < 4.78 is 5.16. The Morgan fingerprint density at radius 2 is 2.04 bits per heavy atom. The highest BCUT2D eigenvalue weighted by Gasteiger charge is 2.02. The van der Waals surface area contributed by atoms with Crippen LogP contribution in [-0.2, 0) is 19.4 Å². The van der Waals surface area contributed by atoms with Gasteiger partial charge in [-0.25, -0.2) is 4.98 Å². The zero-order valence-electron chi connectivity index (χ0n) is 13.9. The van der Waals surface area contributed by atoms with E-state index in [0.717, 1.165) is 43.3 Å². The average molecular weight is 332 g/mol. The lowest BCUT2D eigenvalue weighted by Crippen LogP contribution is -2.37. The van der Waals surface area contributed by atoms with Gasteiger partial charge in [-0.05, 0) is 24.1 Å². The summed E-state index contributed by atoms with van der Waals surface area (Å²) >= 11 is 1.73. The summed E-state index contributed by atoms with van der Waals surface area (Å²) in [4.78, 5) is 8.81. The van der Waals surface area contributed by atoms with Gasteiger partial charge in [0.2, 0.25) is 0 Å². The van der Waals surface area contributed by atoms with Crippen molar-refractivity contribution in [2.24, 2.45) is 4.99 Å². The minimum absolute atomic E-state index is 0.723. The van der Waals surface area contributed by atoms with E-state index in [9.17, 15) is 0 Å². The molecule has 0 aliphatic carbocycles. The van der Waals surface area contributed by atoms with Gasteiger partial charge in [0, 0.05) is 31.9 Å². The molecule has 1 aromatic carbocycles. The number of aryl methyl sites for hydroxylation is 1. The number of aliphatic imine (C=N–C) groups is 1. The molecule has 0 bridgehead atoms. The summed E-state index contributed by atoms with van der Waals surface area (Å²) in [5.41, 5.74) is 2.32. The fourth-order valence-corrected chi connectivity index (χ4v) is 2.86. The minimum atomic E-state index is 0.723. The summed E-state index contributed by atoms with van der Waals surface area (Å²) in [5.74, 6) is 1.66. The first-order valence-electron chi connectivity index (χ1n) is 7.76. The Hall–Kier alpha value is -2.08. The van der Waals surface area contributed by atoms with Gasteiger partial charge in [-0.15, -0.1) is 11.3 Å². The van der Waals surface area contributed by atoms with Crippen molar-refractivity contribution in [3.63, 3.8) is 0 Å². The van der Waals surface area contributed by atoms with Crippen molar-refractivity contribution in [2.75, 3.05) is 20.7 Å². The van der Waals surface area contributed by atoms with Crippen LogP contribution in [0.1, 0.15) is 23.2 Å². The molecule has 0 unspecified atom stereocenters. The molecule has 0 atom stereocenters. The Bertz CT molecular complexity index is 622. The Morgan fingerprint density at radius 3 is 2.65 bits per heavy atom. The van der Waals surface area contributed by atoms with Crippen LogP contribution < -0.4 is 15.4 Å². The topological polar surface area (TPSA) is 58.5 Å². The predicted molar refractivity (Wildman–Crippen MR) is 96.4 cm³/mol. The van der Waals surface area contributed by atoms with Crippen LogP contribution in [0.3, 0.4) is 0 Å². The number of hydrogen-bond donors (Lipinski definition) is 2. The van der Waals surface area contributed by atoms with Gasteiger partial charge >= 0.3 is 0 Å². The van der Waals surface area contributed by atoms with E-state index in [4.69, 9.17) is 4.74 Å². The molecule has 0 saturated heterocycles. The van der Waals surface area contributed by atoms with Gasteiger partial charge in [0.25, 0.3) is 0 Å². The van der Waals surface area contributed by atoms with Crippen molar-refractivity contribution < 1.29 is 4.74 Å². The summed E-state index contributed by atoms with van der Waals surface area (Å²) in [6.07, 6.45) is 1.91. The van der Waals surface area contributed by atoms with Crippen molar-refractivity contribution in [3.8, 4) is 5.75 Å². The van der Waals surface area contributed by atoms with Crippen molar-refractivity contribution >= 4 is 17.3 Å². The molecule has 0 aliphatic heterocycles. The quantitative estimate of drug-likeness (QED) is 0.604. The molecule has 6 heteroatoms. The fraction of sp³-hybridized carbons (Fsp3) is 0.412. The molecule has 0 radical (unpaired) electrons. The predicted octanol–water partition coefficient (Wildman–Crippen LogP) is 2.62. The molecule has 0 aliphatic rings. The number of rotatable bonds is 7. The number of aromatic nitrogens is 1. The SMILES string of the molecule is CCc1nc(CCNC(=NC)NCc2ccc(OC)cc2)cs1. The average Bonchev–Trinajstić information content (AvgIpc) is 3.06. The van der Waals surface area contributed by atoms with E-state index in [1.54, 1.807) is 25.5 Å². The van der Waals surface area contributed by atoms with Crippen molar-refractivity contribution in [1.82, 2.24) is 15.6 Å². The smallest absolute Gasteiger partial charge is 0.191 e. The van der Waals surface area contributed by atoms with Crippen LogP contribution in [0.2, 0.25) is 0 Å². The molecule has 0 spiro atoms. The molecular formula is C17H24N4OS. The van der Waals surface area contributed by atoms with E-state index < -0.39 is 0 Å². The number of hydrogen-bond acceptors (Lipinski definition) is 4. The molecule has 0 amide bonds. The maximum atomic E-state index is 5.16. The van der Waals surface area contributed by atoms with Crippen LogP contribution in [0, 0.1) is 0 Å². The van der Waals surface area contributed by atoms with Gasteiger partial charge in [-0.1, -0.05) is 19.1 Å². The van der Waals surface area contributed by atoms with Crippen LogP contribution in [0.15, 0.2) is 34.6 Å². The highest BCUT2D eigenvalue weighted by Crippen LogP contribution is 2.11. The number of ether oxygens (including phenoxy) is 1. The molecule has 2 aromatic rings. The number of nitrogens with zero attached hydrogens (tertiary/aromatic N) is 2. The van der Waals surface area contributed by atoms with Crippen molar-refractivity contribution in [3.05, 3.63) is 45.9 Å². The summed E-state index contributed by atoms with van der Waals surface area (Å²) in [7, 11) is 3.45. The third-order valence-electron chi connectivity index (χ3n) is 3.42. The molecule has 1 heterocycles. The number of nitrogens with one attached hydrogen (secondary N) is 2. The Morgan fingerprint density at radius 1 is 1.26 bits per heavy atom.